The van der Waals surface area contributed by atoms with Crippen LogP contribution < -0.4 is 10.0 Å². The molecule has 2 aromatic carbocycles. The highest BCUT2D eigenvalue weighted by Crippen LogP contribution is 2.21. The van der Waals surface area contributed by atoms with E-state index in [4.69, 9.17) is 0 Å². The minimum atomic E-state index is -3.59. The van der Waals surface area contributed by atoms with Gasteiger partial charge in [-0.25, -0.2) is 22.2 Å². The summed E-state index contributed by atoms with van der Waals surface area (Å²) < 4.78 is 42.3. The first-order valence-corrected chi connectivity index (χ1v) is 10.4. The molecule has 0 radical (unpaired) electrons. The van der Waals surface area contributed by atoms with Crippen molar-refractivity contribution in [3.05, 3.63) is 71.3 Å². The Labute approximate surface area is 168 Å². The second kappa shape index (κ2) is 8.14. The minimum absolute atomic E-state index is 0.0659. The number of aromatic nitrogens is 2. The molecule has 9 heteroatoms. The zero-order chi connectivity index (χ0) is 21.2. The standard InChI is InChI=1S/C20H21FN4O3S/c1-4-22-29(27,28)17-8-5-15(6-9-17)20(26)23-16-7-10-19(18(21)12-16)25-14(3)11-13(2)24-25/h5-12,22H,4H2,1-3H3,(H,23,26). The molecule has 7 nitrogen and oxygen atoms in total. The number of sulfonamides is 1. The molecule has 0 saturated heterocycles. The van der Waals surface area contributed by atoms with Gasteiger partial charge in [-0.05, 0) is 62.4 Å². The highest BCUT2D eigenvalue weighted by Gasteiger charge is 2.15. The lowest BCUT2D eigenvalue weighted by Crippen LogP contribution is -2.23. The van der Waals surface area contributed by atoms with Gasteiger partial charge in [0.05, 0.1) is 10.6 Å². The van der Waals surface area contributed by atoms with Crippen molar-refractivity contribution in [1.29, 1.82) is 0 Å². The van der Waals surface area contributed by atoms with E-state index < -0.39 is 21.7 Å². The molecule has 0 aliphatic rings. The quantitative estimate of drug-likeness (QED) is 0.645. The summed E-state index contributed by atoms with van der Waals surface area (Å²) in [5, 5.41) is 6.86. The van der Waals surface area contributed by atoms with Gasteiger partial charge in [-0.2, -0.15) is 5.10 Å². The van der Waals surface area contributed by atoms with Gasteiger partial charge in [0.15, 0.2) is 5.82 Å². The smallest absolute Gasteiger partial charge is 0.255 e. The molecule has 0 bridgehead atoms. The van der Waals surface area contributed by atoms with E-state index in [2.05, 4.69) is 15.1 Å². The second-order valence-corrected chi connectivity index (χ2v) is 8.25. The van der Waals surface area contributed by atoms with Gasteiger partial charge in [0.25, 0.3) is 5.91 Å². The number of carbonyl (C=O) groups excluding carboxylic acids is 1. The third-order valence-electron chi connectivity index (χ3n) is 4.20. The predicted octanol–water partition coefficient (Wildman–Crippen LogP) is 3.18. The summed E-state index contributed by atoms with van der Waals surface area (Å²) in [6.07, 6.45) is 0. The van der Waals surface area contributed by atoms with Gasteiger partial charge < -0.3 is 5.32 Å². The predicted molar refractivity (Wildman–Crippen MR) is 108 cm³/mol. The first-order valence-electron chi connectivity index (χ1n) is 8.95. The Bertz CT molecular complexity index is 1150. The van der Waals surface area contributed by atoms with E-state index in [9.17, 15) is 17.6 Å². The van der Waals surface area contributed by atoms with E-state index in [1.54, 1.807) is 13.0 Å². The third kappa shape index (κ3) is 4.52. The van der Waals surface area contributed by atoms with Crippen molar-refractivity contribution in [2.45, 2.75) is 25.7 Å². The van der Waals surface area contributed by atoms with E-state index in [0.29, 0.717) is 0 Å². The molecule has 3 aromatic rings. The molecular formula is C20H21FN4O3S. The van der Waals surface area contributed by atoms with Crippen molar-refractivity contribution < 1.29 is 17.6 Å². The van der Waals surface area contributed by atoms with Gasteiger partial charge in [-0.3, -0.25) is 4.79 Å². The fraction of sp³-hybridized carbons (Fsp3) is 0.200. The largest absolute Gasteiger partial charge is 0.322 e. The Kier molecular flexibility index (Phi) is 5.81. The molecule has 0 atom stereocenters. The molecule has 0 saturated carbocycles. The third-order valence-corrected chi connectivity index (χ3v) is 5.77. The van der Waals surface area contributed by atoms with Crippen molar-refractivity contribution in [1.82, 2.24) is 14.5 Å². The molecule has 1 heterocycles. The number of anilines is 1. The summed E-state index contributed by atoms with van der Waals surface area (Å²) in [7, 11) is -3.59. The van der Waals surface area contributed by atoms with E-state index >= 15 is 0 Å². The zero-order valence-corrected chi connectivity index (χ0v) is 17.0. The van der Waals surface area contributed by atoms with Crippen LogP contribution in [0.5, 0.6) is 0 Å². The van der Waals surface area contributed by atoms with E-state index in [1.165, 1.54) is 41.1 Å². The van der Waals surface area contributed by atoms with E-state index in [1.807, 2.05) is 19.9 Å². The first-order chi connectivity index (χ1) is 13.7. The summed E-state index contributed by atoms with van der Waals surface area (Å²) in [6, 6.07) is 11.7. The Morgan fingerprint density at radius 3 is 2.34 bits per heavy atom. The maximum Gasteiger partial charge on any atom is 0.255 e. The minimum Gasteiger partial charge on any atom is -0.322 e. The molecule has 1 amide bonds. The molecule has 1 aromatic heterocycles. The number of halogens is 1. The molecule has 0 aliphatic carbocycles. The molecule has 0 aliphatic heterocycles. The zero-order valence-electron chi connectivity index (χ0n) is 16.2. The Morgan fingerprint density at radius 2 is 1.79 bits per heavy atom. The summed E-state index contributed by atoms with van der Waals surface area (Å²) in [5.41, 5.74) is 2.39. The average molecular weight is 416 g/mol. The number of amides is 1. The summed E-state index contributed by atoms with van der Waals surface area (Å²) in [4.78, 5) is 12.5. The van der Waals surface area contributed by atoms with Crippen molar-refractivity contribution in [3.63, 3.8) is 0 Å². The lowest BCUT2D eigenvalue weighted by Gasteiger charge is -2.10. The van der Waals surface area contributed by atoms with Gasteiger partial charge in [0, 0.05) is 23.5 Å². The molecule has 0 unspecified atom stereocenters. The normalized spacial score (nSPS) is 11.4. The Balaban J connectivity index is 1.77. The van der Waals surface area contributed by atoms with Gasteiger partial charge in [-0.15, -0.1) is 0 Å². The van der Waals surface area contributed by atoms with Crippen molar-refractivity contribution in [3.8, 4) is 5.69 Å². The maximum absolute atomic E-state index is 14.5. The van der Waals surface area contributed by atoms with E-state index in [0.717, 1.165) is 11.4 Å². The molecule has 0 fully saturated rings. The van der Waals surface area contributed by atoms with Crippen LogP contribution in [0.2, 0.25) is 0 Å². The first kappa shape index (κ1) is 20.7. The summed E-state index contributed by atoms with van der Waals surface area (Å²) in [5.74, 6) is -1.00. The number of nitrogens with zero attached hydrogens (tertiary/aromatic N) is 2. The maximum atomic E-state index is 14.5. The molecule has 0 spiro atoms. The monoisotopic (exact) mass is 416 g/mol. The average Bonchev–Trinajstić information content (AvgIpc) is 3.00. The van der Waals surface area contributed by atoms with Crippen LogP contribution in [0.15, 0.2) is 53.4 Å². The molecule has 29 heavy (non-hydrogen) atoms. The number of nitrogens with one attached hydrogen (secondary N) is 2. The van der Waals surface area contributed by atoms with Crippen LogP contribution in [-0.4, -0.2) is 30.7 Å². The number of carbonyl (C=O) groups is 1. The van der Waals surface area contributed by atoms with Gasteiger partial charge in [0.2, 0.25) is 10.0 Å². The highest BCUT2D eigenvalue weighted by atomic mass is 32.2. The number of hydrogen-bond donors (Lipinski definition) is 2. The van der Waals surface area contributed by atoms with Crippen molar-refractivity contribution >= 4 is 21.6 Å². The van der Waals surface area contributed by atoms with Crippen LogP contribution in [0.3, 0.4) is 0 Å². The lowest BCUT2D eigenvalue weighted by atomic mass is 10.2. The Hall–Kier alpha value is -3.04. The fourth-order valence-electron chi connectivity index (χ4n) is 2.89. The lowest BCUT2D eigenvalue weighted by molar-refractivity contribution is 0.102. The number of hydrogen-bond acceptors (Lipinski definition) is 4. The van der Waals surface area contributed by atoms with Crippen molar-refractivity contribution in [2.75, 3.05) is 11.9 Å². The molecule has 2 N–H and O–H groups in total. The van der Waals surface area contributed by atoms with Crippen molar-refractivity contribution in [2.24, 2.45) is 0 Å². The topological polar surface area (TPSA) is 93.1 Å². The molecule has 3 rings (SSSR count). The van der Waals surface area contributed by atoms with Gasteiger partial charge >= 0.3 is 0 Å². The van der Waals surface area contributed by atoms with Crippen LogP contribution in [0.1, 0.15) is 28.7 Å². The SMILES string of the molecule is CCNS(=O)(=O)c1ccc(C(=O)Nc2ccc(-n3nc(C)cc3C)c(F)c2)cc1. The highest BCUT2D eigenvalue weighted by molar-refractivity contribution is 7.89. The number of rotatable bonds is 6. The van der Waals surface area contributed by atoms with Crippen LogP contribution in [-0.2, 0) is 10.0 Å². The number of benzene rings is 2. The number of aryl methyl sites for hydroxylation is 2. The van der Waals surface area contributed by atoms with Crippen LogP contribution >= 0.6 is 0 Å². The van der Waals surface area contributed by atoms with Crippen LogP contribution in [0, 0.1) is 19.7 Å². The summed E-state index contributed by atoms with van der Waals surface area (Å²) in [6.45, 7) is 5.60. The molecular weight excluding hydrogens is 395 g/mol. The van der Waals surface area contributed by atoms with Crippen LogP contribution in [0.4, 0.5) is 10.1 Å². The Morgan fingerprint density at radius 1 is 1.10 bits per heavy atom. The van der Waals surface area contributed by atoms with Gasteiger partial charge in [-0.1, -0.05) is 6.92 Å². The fourth-order valence-corrected chi connectivity index (χ4v) is 3.93. The second-order valence-electron chi connectivity index (χ2n) is 6.48. The molecule has 152 valence electrons. The summed E-state index contributed by atoms with van der Waals surface area (Å²) >= 11 is 0. The van der Waals surface area contributed by atoms with Crippen LogP contribution in [0.25, 0.3) is 5.69 Å². The van der Waals surface area contributed by atoms with E-state index in [-0.39, 0.29) is 28.4 Å². The van der Waals surface area contributed by atoms with Gasteiger partial charge in [0.1, 0.15) is 5.69 Å².